The molecule has 0 saturated carbocycles. The molecule has 1 N–H and O–H groups in total. The Morgan fingerprint density at radius 1 is 0.967 bits per heavy atom. The van der Waals surface area contributed by atoms with Gasteiger partial charge in [0.2, 0.25) is 5.91 Å². The number of carbonyl (C=O) groups excluding carboxylic acids is 1. The average Bonchev–Trinajstić information content (AvgIpc) is 3.08. The lowest BCUT2D eigenvalue weighted by molar-refractivity contribution is -0.120. The summed E-state index contributed by atoms with van der Waals surface area (Å²) in [5.41, 5.74) is 3.59. The molecule has 0 bridgehead atoms. The van der Waals surface area contributed by atoms with E-state index in [-0.39, 0.29) is 12.3 Å². The highest BCUT2D eigenvalue weighted by Crippen LogP contribution is 2.22. The lowest BCUT2D eigenvalue weighted by atomic mass is 10.1. The number of nitrogens with zero attached hydrogens (tertiary/aromatic N) is 1. The molecule has 1 heterocycles. The van der Waals surface area contributed by atoms with Gasteiger partial charge in [-0.3, -0.25) is 4.79 Å². The molecule has 0 unspecified atom stereocenters. The van der Waals surface area contributed by atoms with Crippen molar-refractivity contribution >= 4 is 5.91 Å². The van der Waals surface area contributed by atoms with Crippen molar-refractivity contribution in [1.82, 2.24) is 10.5 Å². The molecule has 1 amide bonds. The Bertz CT molecular complexity index is 954. The standard InChI is InChI=1S/C23H26N2O5/c1-15-22(16(2)30-25-15)14-29-19-7-5-17(6-8-19)11-23(26)24-13-18-9-20(27-3)12-21(10-18)28-4/h5-10,12H,11,13-14H2,1-4H3,(H,24,26). The molecule has 0 radical (unpaired) electrons. The van der Waals surface area contributed by atoms with Crippen LogP contribution in [0.2, 0.25) is 0 Å². The highest BCUT2D eigenvalue weighted by atomic mass is 16.5. The van der Waals surface area contributed by atoms with Crippen LogP contribution in [0.5, 0.6) is 17.2 Å². The van der Waals surface area contributed by atoms with Crippen LogP contribution in [0.1, 0.15) is 28.1 Å². The summed E-state index contributed by atoms with van der Waals surface area (Å²) in [5, 5.41) is 6.84. The Morgan fingerprint density at radius 3 is 2.20 bits per heavy atom. The van der Waals surface area contributed by atoms with Gasteiger partial charge in [0.15, 0.2) is 0 Å². The van der Waals surface area contributed by atoms with E-state index in [0.717, 1.165) is 33.9 Å². The third-order valence-electron chi connectivity index (χ3n) is 4.75. The normalized spacial score (nSPS) is 10.5. The largest absolute Gasteiger partial charge is 0.497 e. The molecular formula is C23H26N2O5. The van der Waals surface area contributed by atoms with Crippen LogP contribution in [-0.2, 0) is 24.4 Å². The first-order chi connectivity index (χ1) is 14.5. The fourth-order valence-electron chi connectivity index (χ4n) is 2.98. The van der Waals surface area contributed by atoms with E-state index in [0.29, 0.717) is 24.7 Å². The monoisotopic (exact) mass is 410 g/mol. The van der Waals surface area contributed by atoms with E-state index in [1.54, 1.807) is 20.3 Å². The van der Waals surface area contributed by atoms with Crippen molar-refractivity contribution in [2.24, 2.45) is 0 Å². The predicted octanol–water partition coefficient (Wildman–Crippen LogP) is 3.75. The number of ether oxygens (including phenoxy) is 3. The SMILES string of the molecule is COc1cc(CNC(=O)Cc2ccc(OCc3c(C)noc3C)cc2)cc(OC)c1. The molecule has 0 aliphatic carbocycles. The molecule has 7 heteroatoms. The lowest BCUT2D eigenvalue weighted by Crippen LogP contribution is -2.24. The van der Waals surface area contributed by atoms with Crippen LogP contribution in [0.4, 0.5) is 0 Å². The van der Waals surface area contributed by atoms with Crippen LogP contribution in [0.3, 0.4) is 0 Å². The van der Waals surface area contributed by atoms with Gasteiger partial charge in [-0.15, -0.1) is 0 Å². The van der Waals surface area contributed by atoms with Gasteiger partial charge in [0, 0.05) is 12.6 Å². The van der Waals surface area contributed by atoms with Crippen LogP contribution in [0.25, 0.3) is 0 Å². The highest BCUT2D eigenvalue weighted by molar-refractivity contribution is 5.78. The zero-order chi connectivity index (χ0) is 21.5. The smallest absolute Gasteiger partial charge is 0.224 e. The number of aromatic nitrogens is 1. The Morgan fingerprint density at radius 2 is 1.63 bits per heavy atom. The minimum atomic E-state index is -0.0684. The van der Waals surface area contributed by atoms with Crippen molar-refractivity contribution in [2.45, 2.75) is 33.4 Å². The third-order valence-corrected chi connectivity index (χ3v) is 4.75. The number of hydrogen-bond donors (Lipinski definition) is 1. The van der Waals surface area contributed by atoms with E-state index >= 15 is 0 Å². The van der Waals surface area contributed by atoms with Crippen molar-refractivity contribution < 1.29 is 23.5 Å². The Hall–Kier alpha value is -3.48. The van der Waals surface area contributed by atoms with Crippen LogP contribution in [0, 0.1) is 13.8 Å². The Kier molecular flexibility index (Phi) is 6.95. The molecule has 1 aromatic heterocycles. The van der Waals surface area contributed by atoms with Gasteiger partial charge < -0.3 is 24.1 Å². The first kappa shape index (κ1) is 21.2. The zero-order valence-corrected chi connectivity index (χ0v) is 17.7. The van der Waals surface area contributed by atoms with Gasteiger partial charge in [0.1, 0.15) is 29.6 Å². The van der Waals surface area contributed by atoms with Gasteiger partial charge in [-0.1, -0.05) is 17.3 Å². The van der Waals surface area contributed by atoms with Gasteiger partial charge in [-0.25, -0.2) is 0 Å². The molecule has 2 aromatic carbocycles. The molecule has 0 atom stereocenters. The molecular weight excluding hydrogens is 384 g/mol. The predicted molar refractivity (Wildman–Crippen MR) is 112 cm³/mol. The fraction of sp³-hybridized carbons (Fsp3) is 0.304. The molecule has 3 aromatic rings. The number of benzene rings is 2. The van der Waals surface area contributed by atoms with E-state index in [4.69, 9.17) is 18.7 Å². The van der Waals surface area contributed by atoms with E-state index in [1.807, 2.05) is 50.2 Å². The van der Waals surface area contributed by atoms with Gasteiger partial charge >= 0.3 is 0 Å². The number of nitrogens with one attached hydrogen (secondary N) is 1. The number of hydrogen-bond acceptors (Lipinski definition) is 6. The maximum Gasteiger partial charge on any atom is 0.224 e. The third kappa shape index (κ3) is 5.53. The number of rotatable bonds is 9. The quantitative estimate of drug-likeness (QED) is 0.579. The topological polar surface area (TPSA) is 82.8 Å². The highest BCUT2D eigenvalue weighted by Gasteiger charge is 2.10. The van der Waals surface area contributed by atoms with E-state index in [2.05, 4.69) is 10.5 Å². The molecule has 7 nitrogen and oxygen atoms in total. The summed E-state index contributed by atoms with van der Waals surface area (Å²) in [7, 11) is 3.19. The summed E-state index contributed by atoms with van der Waals surface area (Å²) < 4.78 is 21.4. The summed E-state index contributed by atoms with van der Waals surface area (Å²) in [6.45, 7) is 4.54. The minimum Gasteiger partial charge on any atom is -0.497 e. The molecule has 0 aliphatic rings. The van der Waals surface area contributed by atoms with Crippen LogP contribution in [-0.4, -0.2) is 25.3 Å². The second-order valence-corrected chi connectivity index (χ2v) is 6.91. The van der Waals surface area contributed by atoms with Crippen molar-refractivity contribution in [3.63, 3.8) is 0 Å². The number of aryl methyl sites for hydroxylation is 2. The summed E-state index contributed by atoms with van der Waals surface area (Å²) in [6, 6.07) is 13.0. The van der Waals surface area contributed by atoms with Crippen LogP contribution >= 0.6 is 0 Å². The second kappa shape index (κ2) is 9.82. The van der Waals surface area contributed by atoms with Crippen LogP contribution in [0.15, 0.2) is 47.0 Å². The van der Waals surface area contributed by atoms with Crippen molar-refractivity contribution in [1.29, 1.82) is 0 Å². The Labute approximate surface area is 175 Å². The summed E-state index contributed by atoms with van der Waals surface area (Å²) >= 11 is 0. The molecule has 0 fully saturated rings. The van der Waals surface area contributed by atoms with Crippen LogP contribution < -0.4 is 19.5 Å². The average molecular weight is 410 g/mol. The zero-order valence-electron chi connectivity index (χ0n) is 17.7. The number of methoxy groups -OCH3 is 2. The van der Waals surface area contributed by atoms with E-state index < -0.39 is 0 Å². The minimum absolute atomic E-state index is 0.0684. The van der Waals surface area contributed by atoms with Crippen molar-refractivity contribution in [3.05, 3.63) is 70.6 Å². The van der Waals surface area contributed by atoms with Gasteiger partial charge in [0.05, 0.1) is 31.9 Å². The molecule has 0 spiro atoms. The summed E-state index contributed by atoms with van der Waals surface area (Å²) in [6.07, 6.45) is 0.283. The van der Waals surface area contributed by atoms with Gasteiger partial charge in [-0.05, 0) is 49.2 Å². The first-order valence-corrected chi connectivity index (χ1v) is 9.60. The fourth-order valence-corrected chi connectivity index (χ4v) is 2.98. The lowest BCUT2D eigenvalue weighted by Gasteiger charge is -2.10. The van der Waals surface area contributed by atoms with Gasteiger partial charge in [-0.2, -0.15) is 0 Å². The van der Waals surface area contributed by atoms with Gasteiger partial charge in [0.25, 0.3) is 0 Å². The number of amides is 1. The molecule has 158 valence electrons. The molecule has 3 rings (SSSR count). The van der Waals surface area contributed by atoms with E-state index in [1.165, 1.54) is 0 Å². The van der Waals surface area contributed by atoms with Crippen molar-refractivity contribution in [3.8, 4) is 17.2 Å². The first-order valence-electron chi connectivity index (χ1n) is 9.60. The number of carbonyl (C=O) groups is 1. The second-order valence-electron chi connectivity index (χ2n) is 6.91. The summed E-state index contributed by atoms with van der Waals surface area (Å²) in [5.74, 6) is 2.79. The molecule has 0 saturated heterocycles. The summed E-state index contributed by atoms with van der Waals surface area (Å²) in [4.78, 5) is 12.3. The molecule has 30 heavy (non-hydrogen) atoms. The Balaban J connectivity index is 1.51. The maximum absolute atomic E-state index is 12.3. The molecule has 0 aliphatic heterocycles. The maximum atomic E-state index is 12.3. The van der Waals surface area contributed by atoms with E-state index in [9.17, 15) is 4.79 Å². The van der Waals surface area contributed by atoms with Crippen molar-refractivity contribution in [2.75, 3.05) is 14.2 Å².